The second-order valence-electron chi connectivity index (χ2n) is 7.24. The van der Waals surface area contributed by atoms with Gasteiger partial charge in [-0.3, -0.25) is 9.69 Å². The average molecular weight is 379 g/mol. The Morgan fingerprint density at radius 1 is 1.20 bits per heavy atom. The van der Waals surface area contributed by atoms with Crippen LogP contribution in [0.3, 0.4) is 0 Å². The number of rotatable bonds is 4. The Labute approximate surface area is 160 Å². The fourth-order valence-corrected chi connectivity index (χ4v) is 5.39. The summed E-state index contributed by atoms with van der Waals surface area (Å²) in [7, 11) is 2.02. The van der Waals surface area contributed by atoms with Crippen LogP contribution < -0.4 is 0 Å². The predicted octanol–water partition coefficient (Wildman–Crippen LogP) is 4.34. The minimum absolute atomic E-state index is 0. The van der Waals surface area contributed by atoms with Gasteiger partial charge in [-0.2, -0.15) is 0 Å². The number of carbonyl (C=O) groups excluding carboxylic acids is 1. The first kappa shape index (κ1) is 18.7. The molecule has 0 spiro atoms. The number of halogens is 1. The number of likely N-dealkylation sites (N-methyl/N-ethyl adjacent to an activating group) is 1. The number of carbonyl (C=O) groups is 1. The molecule has 1 aliphatic carbocycles. The third-order valence-corrected chi connectivity index (χ3v) is 6.75. The van der Waals surface area contributed by atoms with E-state index in [2.05, 4.69) is 39.4 Å². The lowest BCUT2D eigenvalue weighted by Gasteiger charge is -2.35. The highest BCUT2D eigenvalue weighted by atomic mass is 35.5. The fraction of sp³-hybridized carbons (Fsp3) is 0.550. The van der Waals surface area contributed by atoms with Gasteiger partial charge in [-0.1, -0.05) is 12.1 Å². The molecular weight excluding hydrogens is 352 g/mol. The lowest BCUT2D eigenvalue weighted by atomic mass is 10.0. The fourth-order valence-electron chi connectivity index (χ4n) is 4.56. The van der Waals surface area contributed by atoms with E-state index < -0.39 is 0 Å². The molecule has 136 valence electrons. The largest absolute Gasteiger partial charge is 0.341 e. The number of amides is 1. The predicted molar refractivity (Wildman–Crippen MR) is 108 cm³/mol. The van der Waals surface area contributed by atoms with Crippen LogP contribution in [0.2, 0.25) is 0 Å². The molecule has 2 fully saturated rings. The molecule has 1 saturated carbocycles. The maximum Gasteiger partial charge on any atom is 0.227 e. The number of fused-ring (bicyclic) bond motifs is 1. The first-order chi connectivity index (χ1) is 11.7. The van der Waals surface area contributed by atoms with Crippen LogP contribution in [0, 0.1) is 0 Å². The third-order valence-electron chi connectivity index (χ3n) is 5.87. The van der Waals surface area contributed by atoms with E-state index in [1.54, 1.807) is 11.3 Å². The summed E-state index contributed by atoms with van der Waals surface area (Å²) in [4.78, 5) is 17.6. The number of hydrogen-bond acceptors (Lipinski definition) is 3. The molecule has 4 rings (SSSR count). The van der Waals surface area contributed by atoms with Gasteiger partial charge in [0.1, 0.15) is 0 Å². The molecule has 2 aliphatic rings. The minimum atomic E-state index is 0. The Hall–Kier alpha value is -1.10. The average Bonchev–Trinajstić information content (AvgIpc) is 3.32. The quantitative estimate of drug-likeness (QED) is 0.790. The van der Waals surface area contributed by atoms with Crippen LogP contribution in [0.15, 0.2) is 29.6 Å². The van der Waals surface area contributed by atoms with Crippen molar-refractivity contribution in [2.45, 2.75) is 50.6 Å². The molecule has 2 atom stereocenters. The molecule has 1 aliphatic heterocycles. The van der Waals surface area contributed by atoms with Gasteiger partial charge in [0.15, 0.2) is 0 Å². The van der Waals surface area contributed by atoms with Crippen molar-refractivity contribution in [3.63, 3.8) is 0 Å². The van der Waals surface area contributed by atoms with Crippen LogP contribution in [-0.2, 0) is 11.2 Å². The van der Waals surface area contributed by atoms with Crippen molar-refractivity contribution in [3.05, 3.63) is 35.2 Å². The topological polar surface area (TPSA) is 23.6 Å². The van der Waals surface area contributed by atoms with Crippen LogP contribution >= 0.6 is 23.7 Å². The molecule has 3 nitrogen and oxygen atoms in total. The normalized spacial score (nSPS) is 23.7. The van der Waals surface area contributed by atoms with Gasteiger partial charge in [0, 0.05) is 23.8 Å². The monoisotopic (exact) mass is 378 g/mol. The zero-order chi connectivity index (χ0) is 16.5. The Kier molecular flexibility index (Phi) is 6.03. The van der Waals surface area contributed by atoms with Crippen LogP contribution in [0.5, 0.6) is 0 Å². The maximum atomic E-state index is 12.9. The first-order valence-corrected chi connectivity index (χ1v) is 10.1. The van der Waals surface area contributed by atoms with E-state index in [-0.39, 0.29) is 18.3 Å². The molecule has 0 radical (unpaired) electrons. The number of thiophene rings is 1. The lowest BCUT2D eigenvalue weighted by Crippen LogP contribution is -2.49. The molecular formula is C20H27ClN2OS. The van der Waals surface area contributed by atoms with Gasteiger partial charge in [-0.15, -0.1) is 23.7 Å². The van der Waals surface area contributed by atoms with Gasteiger partial charge in [-0.25, -0.2) is 0 Å². The first-order valence-electron chi connectivity index (χ1n) is 9.19. The number of hydrogen-bond donors (Lipinski definition) is 0. The molecule has 1 aromatic carbocycles. The van der Waals surface area contributed by atoms with Gasteiger partial charge in [0.25, 0.3) is 0 Å². The molecule has 2 heterocycles. The van der Waals surface area contributed by atoms with Gasteiger partial charge in [0.05, 0.1) is 6.42 Å². The summed E-state index contributed by atoms with van der Waals surface area (Å²) in [6, 6.07) is 9.44. The molecule has 2 aromatic rings. The van der Waals surface area contributed by atoms with Gasteiger partial charge >= 0.3 is 0 Å². The van der Waals surface area contributed by atoms with Crippen molar-refractivity contribution in [2.75, 3.05) is 20.1 Å². The Morgan fingerprint density at radius 2 is 2.00 bits per heavy atom. The molecule has 0 bridgehead atoms. The second kappa shape index (κ2) is 8.07. The Bertz CT molecular complexity index is 725. The molecule has 25 heavy (non-hydrogen) atoms. The van der Waals surface area contributed by atoms with Crippen LogP contribution in [0.25, 0.3) is 10.1 Å². The summed E-state index contributed by atoms with van der Waals surface area (Å²) in [6.45, 7) is 2.44. The summed E-state index contributed by atoms with van der Waals surface area (Å²) in [6.07, 6.45) is 6.83. The second-order valence-corrected chi connectivity index (χ2v) is 8.19. The molecule has 1 saturated heterocycles. The van der Waals surface area contributed by atoms with Crippen LogP contribution in [-0.4, -0.2) is 47.9 Å². The summed E-state index contributed by atoms with van der Waals surface area (Å²) >= 11 is 1.75. The maximum absolute atomic E-state index is 12.9. The standard InChI is InChI=1S/C20H26N2OS.ClH/c1-21(17-7-5-8-18(17)22-11-2-3-12-22)20(23)14-15-6-4-9-19-16(15)10-13-24-19;/h4,6,9-10,13,17-18H,2-3,5,7-8,11-12,14H2,1H3;1H/t17-,18-;/m1./s1. The summed E-state index contributed by atoms with van der Waals surface area (Å²) in [5.41, 5.74) is 1.17. The van der Waals surface area contributed by atoms with Gasteiger partial charge in [0.2, 0.25) is 5.91 Å². The number of likely N-dealkylation sites (tertiary alicyclic amines) is 1. The molecule has 0 unspecified atom stereocenters. The van der Waals surface area contributed by atoms with Gasteiger partial charge in [-0.05, 0) is 73.7 Å². The molecule has 1 aromatic heterocycles. The van der Waals surface area contributed by atoms with Crippen molar-refractivity contribution >= 4 is 39.7 Å². The van der Waals surface area contributed by atoms with Crippen LogP contribution in [0.4, 0.5) is 0 Å². The van der Waals surface area contributed by atoms with E-state index in [0.29, 0.717) is 18.5 Å². The summed E-state index contributed by atoms with van der Waals surface area (Å²) < 4.78 is 1.28. The highest BCUT2D eigenvalue weighted by Gasteiger charge is 2.37. The van der Waals surface area contributed by atoms with Crippen molar-refractivity contribution < 1.29 is 4.79 Å². The zero-order valence-electron chi connectivity index (χ0n) is 14.8. The number of nitrogens with zero attached hydrogens (tertiary/aromatic N) is 2. The molecule has 5 heteroatoms. The third kappa shape index (κ3) is 3.71. The van der Waals surface area contributed by atoms with Crippen molar-refractivity contribution in [1.82, 2.24) is 9.80 Å². The molecule has 1 amide bonds. The van der Waals surface area contributed by atoms with E-state index in [0.717, 1.165) is 6.42 Å². The molecule has 0 N–H and O–H groups in total. The highest BCUT2D eigenvalue weighted by Crippen LogP contribution is 2.31. The van der Waals surface area contributed by atoms with E-state index >= 15 is 0 Å². The Morgan fingerprint density at radius 3 is 2.80 bits per heavy atom. The van der Waals surface area contributed by atoms with Crippen molar-refractivity contribution in [2.24, 2.45) is 0 Å². The number of benzene rings is 1. The smallest absolute Gasteiger partial charge is 0.227 e. The van der Waals surface area contributed by atoms with Crippen molar-refractivity contribution in [3.8, 4) is 0 Å². The SMILES string of the molecule is CN(C(=O)Cc1cccc2sccc12)[C@@H]1CCC[C@H]1N1CCCC1.Cl. The van der Waals surface area contributed by atoms with E-state index in [9.17, 15) is 4.79 Å². The zero-order valence-corrected chi connectivity index (χ0v) is 16.5. The van der Waals surface area contributed by atoms with Gasteiger partial charge < -0.3 is 4.90 Å². The van der Waals surface area contributed by atoms with Crippen molar-refractivity contribution in [1.29, 1.82) is 0 Å². The summed E-state index contributed by atoms with van der Waals surface area (Å²) in [5.74, 6) is 0.268. The lowest BCUT2D eigenvalue weighted by molar-refractivity contribution is -0.132. The van der Waals surface area contributed by atoms with E-state index in [1.165, 1.54) is 54.4 Å². The summed E-state index contributed by atoms with van der Waals surface area (Å²) in [5, 5.41) is 3.36. The Balaban J connectivity index is 0.00000182. The van der Waals surface area contributed by atoms with E-state index in [4.69, 9.17) is 0 Å². The van der Waals surface area contributed by atoms with Crippen LogP contribution in [0.1, 0.15) is 37.7 Å². The van der Waals surface area contributed by atoms with E-state index in [1.807, 2.05) is 7.05 Å². The minimum Gasteiger partial charge on any atom is -0.341 e. The highest BCUT2D eigenvalue weighted by molar-refractivity contribution is 7.17.